The van der Waals surface area contributed by atoms with Gasteiger partial charge in [-0.1, -0.05) is 39.7 Å². The predicted molar refractivity (Wildman–Crippen MR) is 64.0 cm³/mol. The van der Waals surface area contributed by atoms with E-state index in [4.69, 9.17) is 17.4 Å². The van der Waals surface area contributed by atoms with Crippen LogP contribution in [0.3, 0.4) is 0 Å². The molecule has 0 aromatic heterocycles. The lowest BCUT2D eigenvalue weighted by molar-refractivity contribution is 0.625. The minimum absolute atomic E-state index is 0.0805. The molecule has 14 heavy (non-hydrogen) atoms. The Morgan fingerprint density at radius 3 is 2.79 bits per heavy atom. The smallest absolute Gasteiger partial charge is 0.0676 e. The van der Waals surface area contributed by atoms with E-state index < -0.39 is 0 Å². The van der Waals surface area contributed by atoms with E-state index >= 15 is 0 Å². The number of rotatable bonds is 3. The molecule has 0 amide bonds. The highest BCUT2D eigenvalue weighted by atomic mass is 79.9. The Labute approximate surface area is 97.2 Å². The normalized spacial score (nSPS) is 12.6. The van der Waals surface area contributed by atoms with Crippen molar-refractivity contribution < 1.29 is 0 Å². The molecule has 0 spiro atoms. The van der Waals surface area contributed by atoms with Crippen molar-refractivity contribution in [1.82, 2.24) is 5.43 Å². The molecule has 0 aliphatic heterocycles. The SMILES string of the molecule is C=C(C)C(NN)c1cc(Cl)ccc1Br. The van der Waals surface area contributed by atoms with Crippen molar-refractivity contribution in [2.75, 3.05) is 0 Å². The molecular formula is C10H12BrClN2. The molecule has 4 heteroatoms. The van der Waals surface area contributed by atoms with Gasteiger partial charge in [0.05, 0.1) is 6.04 Å². The maximum Gasteiger partial charge on any atom is 0.0676 e. The molecule has 1 unspecified atom stereocenters. The van der Waals surface area contributed by atoms with Gasteiger partial charge in [0.1, 0.15) is 0 Å². The molecule has 3 N–H and O–H groups in total. The van der Waals surface area contributed by atoms with E-state index in [1.807, 2.05) is 25.1 Å². The van der Waals surface area contributed by atoms with Crippen LogP contribution in [0.2, 0.25) is 5.02 Å². The van der Waals surface area contributed by atoms with Crippen molar-refractivity contribution in [3.8, 4) is 0 Å². The van der Waals surface area contributed by atoms with Crippen molar-refractivity contribution in [1.29, 1.82) is 0 Å². The molecule has 0 saturated heterocycles. The van der Waals surface area contributed by atoms with Gasteiger partial charge in [-0.25, -0.2) is 5.43 Å². The number of nitrogens with two attached hydrogens (primary N) is 1. The van der Waals surface area contributed by atoms with Crippen LogP contribution in [-0.4, -0.2) is 0 Å². The van der Waals surface area contributed by atoms with E-state index in [2.05, 4.69) is 27.9 Å². The fourth-order valence-electron chi connectivity index (χ4n) is 1.23. The number of hydrogen-bond acceptors (Lipinski definition) is 2. The van der Waals surface area contributed by atoms with Gasteiger partial charge in [0, 0.05) is 9.50 Å². The Morgan fingerprint density at radius 2 is 2.29 bits per heavy atom. The van der Waals surface area contributed by atoms with Crippen molar-refractivity contribution in [2.45, 2.75) is 13.0 Å². The number of hydrazine groups is 1. The molecule has 76 valence electrons. The van der Waals surface area contributed by atoms with E-state index in [9.17, 15) is 0 Å². The monoisotopic (exact) mass is 274 g/mol. The lowest BCUT2D eigenvalue weighted by atomic mass is 10.0. The Hall–Kier alpha value is -0.350. The fraction of sp³-hybridized carbons (Fsp3) is 0.200. The summed E-state index contributed by atoms with van der Waals surface area (Å²) in [6, 6.07) is 5.50. The maximum atomic E-state index is 5.90. The van der Waals surface area contributed by atoms with Crippen LogP contribution in [0.15, 0.2) is 34.8 Å². The van der Waals surface area contributed by atoms with Crippen molar-refractivity contribution in [2.24, 2.45) is 5.84 Å². The van der Waals surface area contributed by atoms with Gasteiger partial charge in [-0.15, -0.1) is 0 Å². The molecule has 0 saturated carbocycles. The van der Waals surface area contributed by atoms with Crippen LogP contribution in [0, 0.1) is 0 Å². The topological polar surface area (TPSA) is 38.0 Å². The Kier molecular flexibility index (Phi) is 4.13. The van der Waals surface area contributed by atoms with E-state index in [0.717, 1.165) is 15.6 Å². The first-order valence-electron chi connectivity index (χ1n) is 4.12. The summed E-state index contributed by atoms with van der Waals surface area (Å²) in [4.78, 5) is 0. The van der Waals surface area contributed by atoms with Crippen molar-refractivity contribution in [3.63, 3.8) is 0 Å². The summed E-state index contributed by atoms with van der Waals surface area (Å²) in [6.07, 6.45) is 0. The summed E-state index contributed by atoms with van der Waals surface area (Å²) in [6.45, 7) is 5.78. The highest BCUT2D eigenvalue weighted by Crippen LogP contribution is 2.29. The van der Waals surface area contributed by atoms with Gasteiger partial charge in [-0.05, 0) is 30.7 Å². The summed E-state index contributed by atoms with van der Waals surface area (Å²) in [5.41, 5.74) is 4.63. The van der Waals surface area contributed by atoms with Crippen LogP contribution in [-0.2, 0) is 0 Å². The average Bonchev–Trinajstić information content (AvgIpc) is 2.11. The van der Waals surface area contributed by atoms with Crippen LogP contribution < -0.4 is 11.3 Å². The maximum absolute atomic E-state index is 5.90. The zero-order valence-electron chi connectivity index (χ0n) is 7.85. The van der Waals surface area contributed by atoms with E-state index in [-0.39, 0.29) is 6.04 Å². The molecule has 0 fully saturated rings. The molecule has 0 aliphatic carbocycles. The third-order valence-corrected chi connectivity index (χ3v) is 2.89. The van der Waals surface area contributed by atoms with Crippen molar-refractivity contribution >= 4 is 27.5 Å². The first kappa shape index (κ1) is 11.7. The summed E-state index contributed by atoms with van der Waals surface area (Å²) < 4.78 is 0.966. The molecule has 1 atom stereocenters. The first-order chi connectivity index (χ1) is 6.56. The number of benzene rings is 1. The van der Waals surface area contributed by atoms with Gasteiger partial charge in [-0.3, -0.25) is 5.84 Å². The summed E-state index contributed by atoms with van der Waals surface area (Å²) in [5, 5.41) is 0.685. The molecule has 2 nitrogen and oxygen atoms in total. The minimum atomic E-state index is -0.0805. The summed E-state index contributed by atoms with van der Waals surface area (Å²) >= 11 is 9.35. The third kappa shape index (κ3) is 2.58. The van der Waals surface area contributed by atoms with Crippen LogP contribution in [0.4, 0.5) is 0 Å². The van der Waals surface area contributed by atoms with Gasteiger partial charge < -0.3 is 0 Å². The fourth-order valence-corrected chi connectivity index (χ4v) is 1.89. The molecule has 1 rings (SSSR count). The first-order valence-corrected chi connectivity index (χ1v) is 5.30. The van der Waals surface area contributed by atoms with E-state index in [1.165, 1.54) is 0 Å². The number of hydrogen-bond donors (Lipinski definition) is 2. The molecule has 1 aromatic carbocycles. The standard InChI is InChI=1S/C10H12BrClN2/c1-6(2)10(14-13)8-5-7(12)3-4-9(8)11/h3-5,10,14H,1,13H2,2H3. The molecular weight excluding hydrogens is 263 g/mol. The van der Waals surface area contributed by atoms with Gasteiger partial charge >= 0.3 is 0 Å². The van der Waals surface area contributed by atoms with E-state index in [0.29, 0.717) is 5.02 Å². The lowest BCUT2D eigenvalue weighted by Gasteiger charge is -2.18. The number of halogens is 2. The third-order valence-electron chi connectivity index (χ3n) is 1.93. The van der Waals surface area contributed by atoms with Gasteiger partial charge in [0.2, 0.25) is 0 Å². The molecule has 0 radical (unpaired) electrons. The second-order valence-electron chi connectivity index (χ2n) is 3.11. The van der Waals surface area contributed by atoms with E-state index in [1.54, 1.807) is 0 Å². The Balaban J connectivity index is 3.15. The minimum Gasteiger partial charge on any atom is -0.271 e. The molecule has 0 aliphatic rings. The quantitative estimate of drug-likeness (QED) is 0.505. The van der Waals surface area contributed by atoms with Crippen LogP contribution in [0.1, 0.15) is 18.5 Å². The zero-order valence-corrected chi connectivity index (χ0v) is 10.2. The second kappa shape index (κ2) is 4.94. The van der Waals surface area contributed by atoms with Gasteiger partial charge in [0.25, 0.3) is 0 Å². The van der Waals surface area contributed by atoms with Gasteiger partial charge in [-0.2, -0.15) is 0 Å². The van der Waals surface area contributed by atoms with Gasteiger partial charge in [0.15, 0.2) is 0 Å². The largest absolute Gasteiger partial charge is 0.271 e. The average molecular weight is 276 g/mol. The predicted octanol–water partition coefficient (Wildman–Crippen LogP) is 3.18. The highest BCUT2D eigenvalue weighted by molar-refractivity contribution is 9.10. The Morgan fingerprint density at radius 1 is 1.64 bits per heavy atom. The summed E-state index contributed by atoms with van der Waals surface area (Å²) in [7, 11) is 0. The number of nitrogens with one attached hydrogen (secondary N) is 1. The lowest BCUT2D eigenvalue weighted by Crippen LogP contribution is -2.28. The Bertz CT molecular complexity index is 352. The van der Waals surface area contributed by atoms with Crippen molar-refractivity contribution in [3.05, 3.63) is 45.4 Å². The van der Waals surface area contributed by atoms with Crippen LogP contribution >= 0.6 is 27.5 Å². The molecule has 0 heterocycles. The molecule has 1 aromatic rings. The highest BCUT2D eigenvalue weighted by Gasteiger charge is 2.13. The zero-order chi connectivity index (χ0) is 10.7. The van der Waals surface area contributed by atoms with Crippen LogP contribution in [0.5, 0.6) is 0 Å². The van der Waals surface area contributed by atoms with Crippen LogP contribution in [0.25, 0.3) is 0 Å². The molecule has 0 bridgehead atoms. The second-order valence-corrected chi connectivity index (χ2v) is 4.40. The summed E-state index contributed by atoms with van der Waals surface area (Å²) in [5.74, 6) is 5.45.